The van der Waals surface area contributed by atoms with Crippen molar-refractivity contribution in [1.29, 1.82) is 0 Å². The molecule has 1 saturated heterocycles. The van der Waals surface area contributed by atoms with E-state index in [1.807, 2.05) is 49.5 Å². The summed E-state index contributed by atoms with van der Waals surface area (Å²) in [6, 6.07) is 8.98. The van der Waals surface area contributed by atoms with E-state index in [1.54, 1.807) is 11.0 Å². The highest BCUT2D eigenvalue weighted by molar-refractivity contribution is 6.05. The number of piperidine rings is 1. The molecule has 7 nitrogen and oxygen atoms in total. The highest BCUT2D eigenvalue weighted by atomic mass is 16.2. The van der Waals surface area contributed by atoms with Crippen molar-refractivity contribution in [2.45, 2.75) is 25.4 Å². The van der Waals surface area contributed by atoms with E-state index in [0.717, 1.165) is 22.5 Å². The number of anilines is 1. The normalized spacial score (nSPS) is 19.1. The number of imide groups is 1. The Labute approximate surface area is 157 Å². The van der Waals surface area contributed by atoms with Gasteiger partial charge in [-0.25, -0.2) is 0 Å². The Kier molecular flexibility index (Phi) is 4.14. The van der Waals surface area contributed by atoms with Crippen molar-refractivity contribution in [3.05, 3.63) is 47.7 Å². The maximum atomic E-state index is 12.7. The Bertz CT molecular complexity index is 937. The molecule has 1 atom stereocenters. The molecule has 1 aromatic carbocycles. The summed E-state index contributed by atoms with van der Waals surface area (Å²) in [6.45, 7) is 0.365. The van der Waals surface area contributed by atoms with Gasteiger partial charge in [-0.05, 0) is 36.2 Å². The van der Waals surface area contributed by atoms with Crippen LogP contribution in [0.2, 0.25) is 0 Å². The molecule has 3 heterocycles. The number of aromatic nitrogens is 1. The van der Waals surface area contributed by atoms with Crippen molar-refractivity contribution < 1.29 is 14.4 Å². The van der Waals surface area contributed by atoms with E-state index in [0.29, 0.717) is 18.5 Å². The molecule has 7 heteroatoms. The van der Waals surface area contributed by atoms with Crippen molar-refractivity contribution in [3.8, 4) is 11.3 Å². The van der Waals surface area contributed by atoms with Crippen LogP contribution in [0, 0.1) is 0 Å². The standard InChI is InChI=1S/C20H20N4O3/c1-23(2)14-4-6-16(21-10-14)12-3-5-15-13(9-12)11-24(20(15)27)17-7-8-18(25)22-19(17)26/h3-6,9-10,17H,7-8,11H2,1-2H3,(H,22,25,26). The zero-order valence-corrected chi connectivity index (χ0v) is 15.2. The van der Waals surface area contributed by atoms with Gasteiger partial charge in [0.15, 0.2) is 0 Å². The number of fused-ring (bicyclic) bond motifs is 1. The van der Waals surface area contributed by atoms with Crippen LogP contribution in [-0.4, -0.2) is 47.7 Å². The van der Waals surface area contributed by atoms with Crippen LogP contribution in [0.1, 0.15) is 28.8 Å². The van der Waals surface area contributed by atoms with Crippen LogP contribution < -0.4 is 10.2 Å². The van der Waals surface area contributed by atoms with Crippen LogP contribution in [0.5, 0.6) is 0 Å². The van der Waals surface area contributed by atoms with Gasteiger partial charge in [-0.1, -0.05) is 6.07 Å². The molecule has 0 bridgehead atoms. The number of hydrogen-bond donors (Lipinski definition) is 1. The lowest BCUT2D eigenvalue weighted by Crippen LogP contribution is -2.52. The maximum Gasteiger partial charge on any atom is 0.255 e. The largest absolute Gasteiger partial charge is 0.376 e. The maximum absolute atomic E-state index is 12.7. The molecule has 0 radical (unpaired) electrons. The van der Waals surface area contributed by atoms with Gasteiger partial charge in [-0.2, -0.15) is 0 Å². The molecule has 1 unspecified atom stereocenters. The van der Waals surface area contributed by atoms with Crippen molar-refractivity contribution >= 4 is 23.4 Å². The lowest BCUT2D eigenvalue weighted by Gasteiger charge is -2.29. The predicted octanol–water partition coefficient (Wildman–Crippen LogP) is 1.58. The van der Waals surface area contributed by atoms with Gasteiger partial charge in [-0.15, -0.1) is 0 Å². The summed E-state index contributed by atoms with van der Waals surface area (Å²) in [4.78, 5) is 44.2. The predicted molar refractivity (Wildman–Crippen MR) is 100 cm³/mol. The van der Waals surface area contributed by atoms with E-state index in [-0.39, 0.29) is 18.2 Å². The molecule has 138 valence electrons. The lowest BCUT2D eigenvalue weighted by atomic mass is 10.0. The third-order valence-electron chi connectivity index (χ3n) is 5.08. The van der Waals surface area contributed by atoms with E-state index < -0.39 is 11.9 Å². The third kappa shape index (κ3) is 3.05. The zero-order valence-electron chi connectivity index (χ0n) is 15.2. The Morgan fingerprint density at radius 3 is 2.63 bits per heavy atom. The smallest absolute Gasteiger partial charge is 0.255 e. The van der Waals surface area contributed by atoms with Gasteiger partial charge < -0.3 is 9.80 Å². The topological polar surface area (TPSA) is 82.6 Å². The molecule has 0 spiro atoms. The van der Waals surface area contributed by atoms with Crippen molar-refractivity contribution in [2.75, 3.05) is 19.0 Å². The van der Waals surface area contributed by atoms with E-state index in [2.05, 4.69) is 10.3 Å². The van der Waals surface area contributed by atoms with E-state index in [9.17, 15) is 14.4 Å². The summed E-state index contributed by atoms with van der Waals surface area (Å²) < 4.78 is 0. The fourth-order valence-corrected chi connectivity index (χ4v) is 3.56. The highest BCUT2D eigenvalue weighted by Crippen LogP contribution is 2.31. The van der Waals surface area contributed by atoms with Gasteiger partial charge in [0.1, 0.15) is 6.04 Å². The summed E-state index contributed by atoms with van der Waals surface area (Å²) in [5.41, 5.74) is 4.25. The minimum atomic E-state index is -0.594. The minimum Gasteiger partial charge on any atom is -0.376 e. The van der Waals surface area contributed by atoms with Crippen LogP contribution in [0.25, 0.3) is 11.3 Å². The van der Waals surface area contributed by atoms with Gasteiger partial charge in [0.25, 0.3) is 5.91 Å². The van der Waals surface area contributed by atoms with Crippen LogP contribution in [0.4, 0.5) is 5.69 Å². The van der Waals surface area contributed by atoms with Crippen molar-refractivity contribution in [1.82, 2.24) is 15.2 Å². The number of nitrogens with one attached hydrogen (secondary N) is 1. The molecular formula is C20H20N4O3. The average Bonchev–Trinajstić information content (AvgIpc) is 2.98. The van der Waals surface area contributed by atoms with Gasteiger partial charge in [0.05, 0.1) is 17.6 Å². The summed E-state index contributed by atoms with van der Waals surface area (Å²) in [5, 5.41) is 2.32. The Balaban J connectivity index is 1.59. The first-order valence-electron chi connectivity index (χ1n) is 8.85. The highest BCUT2D eigenvalue weighted by Gasteiger charge is 2.39. The second kappa shape index (κ2) is 6.50. The number of nitrogens with zero attached hydrogens (tertiary/aromatic N) is 3. The third-order valence-corrected chi connectivity index (χ3v) is 5.08. The van der Waals surface area contributed by atoms with Crippen molar-refractivity contribution in [2.24, 2.45) is 0 Å². The number of carbonyl (C=O) groups excluding carboxylic acids is 3. The number of pyridine rings is 1. The first kappa shape index (κ1) is 17.2. The van der Waals surface area contributed by atoms with Gasteiger partial charge in [0, 0.05) is 38.2 Å². The van der Waals surface area contributed by atoms with Gasteiger partial charge in [-0.3, -0.25) is 24.7 Å². The molecule has 0 saturated carbocycles. The second-order valence-electron chi connectivity index (χ2n) is 7.07. The Morgan fingerprint density at radius 1 is 1.15 bits per heavy atom. The fourth-order valence-electron chi connectivity index (χ4n) is 3.56. The minimum absolute atomic E-state index is 0.165. The number of amides is 3. The van der Waals surface area contributed by atoms with E-state index >= 15 is 0 Å². The fraction of sp³-hybridized carbons (Fsp3) is 0.300. The van der Waals surface area contributed by atoms with Gasteiger partial charge >= 0.3 is 0 Å². The number of carbonyl (C=O) groups is 3. The van der Waals surface area contributed by atoms with Crippen LogP contribution in [0.3, 0.4) is 0 Å². The SMILES string of the molecule is CN(C)c1ccc(-c2ccc3c(c2)CN(C2CCC(=O)NC2=O)C3=O)nc1. The molecule has 2 aliphatic rings. The average molecular weight is 364 g/mol. The quantitative estimate of drug-likeness (QED) is 0.836. The number of benzene rings is 1. The molecular weight excluding hydrogens is 344 g/mol. The molecule has 1 aromatic heterocycles. The molecule has 2 aliphatic heterocycles. The van der Waals surface area contributed by atoms with Gasteiger partial charge in [0.2, 0.25) is 11.8 Å². The summed E-state index contributed by atoms with van der Waals surface area (Å²) in [7, 11) is 3.92. The second-order valence-corrected chi connectivity index (χ2v) is 7.07. The van der Waals surface area contributed by atoms with E-state index in [1.165, 1.54) is 0 Å². The molecule has 0 aliphatic carbocycles. The van der Waals surface area contributed by atoms with Crippen LogP contribution >= 0.6 is 0 Å². The number of hydrogen-bond acceptors (Lipinski definition) is 5. The molecule has 1 N–H and O–H groups in total. The molecule has 27 heavy (non-hydrogen) atoms. The molecule has 2 aromatic rings. The summed E-state index contributed by atoms with van der Waals surface area (Å²) in [5.74, 6) is -0.842. The first-order chi connectivity index (χ1) is 12.9. The Morgan fingerprint density at radius 2 is 1.96 bits per heavy atom. The van der Waals surface area contributed by atoms with E-state index in [4.69, 9.17) is 0 Å². The van der Waals surface area contributed by atoms with Crippen LogP contribution in [-0.2, 0) is 16.1 Å². The molecule has 4 rings (SSSR count). The molecule has 1 fully saturated rings. The monoisotopic (exact) mass is 364 g/mol. The lowest BCUT2D eigenvalue weighted by molar-refractivity contribution is -0.136. The summed E-state index contributed by atoms with van der Waals surface area (Å²) in [6.07, 6.45) is 2.43. The van der Waals surface area contributed by atoms with Crippen molar-refractivity contribution in [3.63, 3.8) is 0 Å². The van der Waals surface area contributed by atoms with Crippen LogP contribution in [0.15, 0.2) is 36.5 Å². The Hall–Kier alpha value is -3.22. The summed E-state index contributed by atoms with van der Waals surface area (Å²) >= 11 is 0. The first-order valence-corrected chi connectivity index (χ1v) is 8.85. The molecule has 3 amide bonds. The number of rotatable bonds is 3. The zero-order chi connectivity index (χ0) is 19.1.